The Bertz CT molecular complexity index is 1170. The van der Waals surface area contributed by atoms with E-state index < -0.39 is 10.0 Å². The van der Waals surface area contributed by atoms with E-state index in [1.807, 2.05) is 5.38 Å². The molecule has 0 bridgehead atoms. The van der Waals surface area contributed by atoms with E-state index in [-0.39, 0.29) is 5.91 Å². The number of nitrogens with zero attached hydrogens (tertiary/aromatic N) is 2. The Kier molecular flexibility index (Phi) is 6.57. The first-order valence-electron chi connectivity index (χ1n) is 10.2. The second-order valence-corrected chi connectivity index (χ2v) is 11.9. The Morgan fingerprint density at radius 2 is 1.87 bits per heavy atom. The molecule has 0 saturated carbocycles. The lowest BCUT2D eigenvalue weighted by Gasteiger charge is -2.15. The standard InChI is InChI=1S/C22H25N3O3S3/c1-15-13-19(16(2)30-15)20-14-29-22(23-20)24-21(26)10-7-17-5-8-18(9-6-17)31(27,28)25-11-3-4-12-25/h5-6,8-9,13-14H,3-4,7,10-12H2,1-2H3,(H,23,24,26). The van der Waals surface area contributed by atoms with Gasteiger partial charge in [-0.3, -0.25) is 4.79 Å². The minimum absolute atomic E-state index is 0.104. The van der Waals surface area contributed by atoms with Crippen molar-refractivity contribution >= 4 is 43.7 Å². The third-order valence-electron chi connectivity index (χ3n) is 5.33. The average Bonchev–Trinajstić information content (AvgIpc) is 3.48. The number of hydrogen-bond acceptors (Lipinski definition) is 6. The van der Waals surface area contributed by atoms with Crippen LogP contribution in [-0.2, 0) is 21.2 Å². The monoisotopic (exact) mass is 475 g/mol. The van der Waals surface area contributed by atoms with Gasteiger partial charge in [-0.05, 0) is 56.9 Å². The zero-order valence-corrected chi connectivity index (χ0v) is 20.0. The summed E-state index contributed by atoms with van der Waals surface area (Å²) in [5.41, 5.74) is 2.93. The highest BCUT2D eigenvalue weighted by Crippen LogP contribution is 2.32. The highest BCUT2D eigenvalue weighted by Gasteiger charge is 2.26. The highest BCUT2D eigenvalue weighted by atomic mass is 32.2. The molecule has 1 aliphatic rings. The fourth-order valence-corrected chi connectivity index (χ4v) is 6.86. The zero-order valence-electron chi connectivity index (χ0n) is 17.6. The van der Waals surface area contributed by atoms with Crippen LogP contribution in [0.2, 0.25) is 0 Å². The van der Waals surface area contributed by atoms with E-state index in [1.54, 1.807) is 35.6 Å². The normalized spacial score (nSPS) is 14.8. The number of aryl methyl sites for hydroxylation is 3. The Labute approximate surface area is 191 Å². The van der Waals surface area contributed by atoms with Gasteiger partial charge in [-0.15, -0.1) is 22.7 Å². The first-order valence-corrected chi connectivity index (χ1v) is 13.4. The molecular weight excluding hydrogens is 450 g/mol. The van der Waals surface area contributed by atoms with Crippen LogP contribution in [0.3, 0.4) is 0 Å². The fourth-order valence-electron chi connectivity index (χ4n) is 3.69. The number of carbonyl (C=O) groups is 1. The number of benzene rings is 1. The van der Waals surface area contributed by atoms with E-state index in [2.05, 4.69) is 30.2 Å². The van der Waals surface area contributed by atoms with Crippen LogP contribution in [-0.4, -0.2) is 36.7 Å². The van der Waals surface area contributed by atoms with Gasteiger partial charge < -0.3 is 5.32 Å². The summed E-state index contributed by atoms with van der Waals surface area (Å²) in [7, 11) is -3.40. The maximum atomic E-state index is 12.6. The molecule has 1 aromatic carbocycles. The van der Waals surface area contributed by atoms with E-state index in [4.69, 9.17) is 0 Å². The molecule has 6 nitrogen and oxygen atoms in total. The van der Waals surface area contributed by atoms with Crippen molar-refractivity contribution in [1.82, 2.24) is 9.29 Å². The molecule has 31 heavy (non-hydrogen) atoms. The van der Waals surface area contributed by atoms with Gasteiger partial charge in [-0.25, -0.2) is 13.4 Å². The van der Waals surface area contributed by atoms with Crippen LogP contribution in [0.15, 0.2) is 40.6 Å². The van der Waals surface area contributed by atoms with Crippen molar-refractivity contribution in [1.29, 1.82) is 0 Å². The summed E-state index contributed by atoms with van der Waals surface area (Å²) in [6, 6.07) is 8.98. The van der Waals surface area contributed by atoms with E-state index >= 15 is 0 Å². The number of nitrogens with one attached hydrogen (secondary N) is 1. The van der Waals surface area contributed by atoms with Crippen LogP contribution in [0, 0.1) is 13.8 Å². The molecule has 3 aromatic rings. The first-order chi connectivity index (χ1) is 14.8. The molecule has 1 N–H and O–H groups in total. The average molecular weight is 476 g/mol. The van der Waals surface area contributed by atoms with Crippen LogP contribution >= 0.6 is 22.7 Å². The highest BCUT2D eigenvalue weighted by molar-refractivity contribution is 7.89. The summed E-state index contributed by atoms with van der Waals surface area (Å²) < 4.78 is 26.7. The lowest BCUT2D eigenvalue weighted by molar-refractivity contribution is -0.116. The summed E-state index contributed by atoms with van der Waals surface area (Å²) in [5.74, 6) is -0.104. The van der Waals surface area contributed by atoms with Gasteiger partial charge in [0.1, 0.15) is 0 Å². The number of carbonyl (C=O) groups excluding carboxylic acids is 1. The topological polar surface area (TPSA) is 79.4 Å². The number of hydrogen-bond donors (Lipinski definition) is 1. The number of rotatable bonds is 7. The first kappa shape index (κ1) is 22.1. The maximum Gasteiger partial charge on any atom is 0.243 e. The van der Waals surface area contributed by atoms with Crippen molar-refractivity contribution < 1.29 is 13.2 Å². The van der Waals surface area contributed by atoms with Crippen LogP contribution < -0.4 is 5.32 Å². The number of thiazole rings is 1. The molecule has 1 aliphatic heterocycles. The van der Waals surface area contributed by atoms with Gasteiger partial charge in [0, 0.05) is 40.2 Å². The molecule has 3 heterocycles. The predicted octanol–water partition coefficient (Wildman–Crippen LogP) is 4.84. The van der Waals surface area contributed by atoms with Gasteiger partial charge >= 0.3 is 0 Å². The smallest absolute Gasteiger partial charge is 0.243 e. The molecule has 1 fully saturated rings. The van der Waals surface area contributed by atoms with Crippen molar-refractivity contribution in [3.8, 4) is 11.3 Å². The number of thiophene rings is 1. The summed E-state index contributed by atoms with van der Waals surface area (Å²) in [5, 5.41) is 5.43. The minimum Gasteiger partial charge on any atom is -0.302 e. The Hall–Kier alpha value is -2.07. The molecule has 1 saturated heterocycles. The van der Waals surface area contributed by atoms with Gasteiger partial charge in [-0.2, -0.15) is 4.31 Å². The molecule has 4 rings (SSSR count). The molecule has 0 atom stereocenters. The van der Waals surface area contributed by atoms with Crippen LogP contribution in [0.4, 0.5) is 5.13 Å². The quantitative estimate of drug-likeness (QED) is 0.530. The van der Waals surface area contributed by atoms with E-state index in [9.17, 15) is 13.2 Å². The molecule has 1 amide bonds. The SMILES string of the molecule is Cc1cc(-c2csc(NC(=O)CCc3ccc(S(=O)(=O)N4CCCC4)cc3)n2)c(C)s1. The van der Waals surface area contributed by atoms with E-state index in [1.165, 1.54) is 25.4 Å². The number of sulfonamides is 1. The summed E-state index contributed by atoms with van der Waals surface area (Å²) in [6.45, 7) is 5.33. The molecule has 0 radical (unpaired) electrons. The van der Waals surface area contributed by atoms with Crippen LogP contribution in [0.5, 0.6) is 0 Å². The maximum absolute atomic E-state index is 12.6. The largest absolute Gasteiger partial charge is 0.302 e. The molecule has 9 heteroatoms. The molecule has 0 spiro atoms. The Morgan fingerprint density at radius 3 is 2.52 bits per heavy atom. The molecule has 164 valence electrons. The lowest BCUT2D eigenvalue weighted by atomic mass is 10.1. The number of amides is 1. The van der Waals surface area contributed by atoms with E-state index in [0.29, 0.717) is 36.0 Å². The minimum atomic E-state index is -3.40. The third-order valence-corrected chi connectivity index (χ3v) is 8.97. The predicted molar refractivity (Wildman–Crippen MR) is 126 cm³/mol. The van der Waals surface area contributed by atoms with Crippen LogP contribution in [0.1, 0.15) is 34.6 Å². The van der Waals surface area contributed by atoms with Gasteiger partial charge in [0.2, 0.25) is 15.9 Å². The zero-order chi connectivity index (χ0) is 22.0. The van der Waals surface area contributed by atoms with Gasteiger partial charge in [-0.1, -0.05) is 12.1 Å². The molecule has 0 unspecified atom stereocenters. The Balaban J connectivity index is 1.32. The lowest BCUT2D eigenvalue weighted by Crippen LogP contribution is -2.27. The summed E-state index contributed by atoms with van der Waals surface area (Å²) in [6.07, 6.45) is 2.68. The molecule has 2 aromatic heterocycles. The van der Waals surface area contributed by atoms with Crippen molar-refractivity contribution in [2.24, 2.45) is 0 Å². The van der Waals surface area contributed by atoms with Crippen LogP contribution in [0.25, 0.3) is 11.3 Å². The van der Waals surface area contributed by atoms with Crippen molar-refractivity contribution in [3.05, 3.63) is 51.0 Å². The molecular formula is C22H25N3O3S3. The summed E-state index contributed by atoms with van der Waals surface area (Å²) >= 11 is 3.16. The van der Waals surface area contributed by atoms with Crippen molar-refractivity contribution in [2.45, 2.75) is 44.4 Å². The summed E-state index contributed by atoms with van der Waals surface area (Å²) in [4.78, 5) is 19.7. The van der Waals surface area contributed by atoms with Crippen molar-refractivity contribution in [2.75, 3.05) is 18.4 Å². The molecule has 0 aliphatic carbocycles. The van der Waals surface area contributed by atoms with Gasteiger partial charge in [0.25, 0.3) is 0 Å². The number of anilines is 1. The van der Waals surface area contributed by atoms with Gasteiger partial charge in [0.15, 0.2) is 5.13 Å². The van der Waals surface area contributed by atoms with Gasteiger partial charge in [0.05, 0.1) is 10.6 Å². The van der Waals surface area contributed by atoms with E-state index in [0.717, 1.165) is 29.7 Å². The fraction of sp³-hybridized carbons (Fsp3) is 0.364. The Morgan fingerprint density at radius 1 is 1.16 bits per heavy atom. The second-order valence-electron chi connectivity index (χ2n) is 7.67. The second kappa shape index (κ2) is 9.20. The third kappa shape index (κ3) is 5.06. The van der Waals surface area contributed by atoms with Crippen molar-refractivity contribution in [3.63, 3.8) is 0 Å². The number of aromatic nitrogens is 1.